The number of carbonyl (C=O) groups is 4. The van der Waals surface area contributed by atoms with E-state index in [-0.39, 0.29) is 11.7 Å². The quantitative estimate of drug-likeness (QED) is 0.196. The third kappa shape index (κ3) is 8.02. The van der Waals surface area contributed by atoms with Crippen molar-refractivity contribution >= 4 is 36.3 Å². The molecule has 0 saturated carbocycles. The van der Waals surface area contributed by atoms with Crippen molar-refractivity contribution in [2.45, 2.75) is 51.4 Å². The van der Waals surface area contributed by atoms with Crippen LogP contribution in [0.3, 0.4) is 0 Å². The van der Waals surface area contributed by atoms with E-state index in [2.05, 4.69) is 28.6 Å². The number of carbonyl (C=O) groups excluding carboxylic acids is 3. The number of nitrogens with two attached hydrogens (primary N) is 1. The van der Waals surface area contributed by atoms with Crippen molar-refractivity contribution in [2.24, 2.45) is 11.7 Å². The Morgan fingerprint density at radius 3 is 2.12 bits per heavy atom. The fraction of sp³-hybridized carbons (Fsp3) is 0.733. The summed E-state index contributed by atoms with van der Waals surface area (Å²) in [6.07, 6.45) is -0.590. The highest BCUT2D eigenvalue weighted by atomic mass is 32.1. The molecule has 10 nitrogen and oxygen atoms in total. The van der Waals surface area contributed by atoms with E-state index in [1.165, 1.54) is 6.92 Å². The van der Waals surface area contributed by atoms with Crippen LogP contribution in [0.25, 0.3) is 0 Å². The van der Waals surface area contributed by atoms with Crippen LogP contribution in [-0.4, -0.2) is 70.4 Å². The monoisotopic (exact) mass is 392 g/mol. The molecule has 0 rings (SSSR count). The van der Waals surface area contributed by atoms with Gasteiger partial charge in [-0.2, -0.15) is 12.6 Å². The number of amides is 3. The average Bonchev–Trinajstić information content (AvgIpc) is 2.59. The largest absolute Gasteiger partial charge is 0.480 e. The molecule has 26 heavy (non-hydrogen) atoms. The van der Waals surface area contributed by atoms with Crippen LogP contribution in [0.5, 0.6) is 0 Å². The summed E-state index contributed by atoms with van der Waals surface area (Å²) in [7, 11) is 0. The summed E-state index contributed by atoms with van der Waals surface area (Å²) in [5.41, 5.74) is 5.74. The van der Waals surface area contributed by atoms with E-state index >= 15 is 0 Å². The maximum atomic E-state index is 12.1. The molecule has 0 aliphatic rings. The Balaban J connectivity index is 4.71. The van der Waals surface area contributed by atoms with Crippen LogP contribution in [0.2, 0.25) is 0 Å². The van der Waals surface area contributed by atoms with Gasteiger partial charge < -0.3 is 31.9 Å². The number of carboxylic acids is 1. The fourth-order valence-corrected chi connectivity index (χ4v) is 2.12. The molecule has 0 aliphatic heterocycles. The minimum Gasteiger partial charge on any atom is -0.480 e. The second kappa shape index (κ2) is 11.7. The van der Waals surface area contributed by atoms with Crippen LogP contribution < -0.4 is 21.7 Å². The molecule has 0 bridgehead atoms. The molecule has 0 fully saturated rings. The van der Waals surface area contributed by atoms with Crippen molar-refractivity contribution in [1.29, 1.82) is 0 Å². The van der Waals surface area contributed by atoms with Gasteiger partial charge >= 0.3 is 5.97 Å². The van der Waals surface area contributed by atoms with Crippen molar-refractivity contribution in [3.63, 3.8) is 0 Å². The van der Waals surface area contributed by atoms with Gasteiger partial charge in [0.05, 0.1) is 18.7 Å². The lowest BCUT2D eigenvalue weighted by atomic mass is 9.99. The van der Waals surface area contributed by atoms with E-state index in [9.17, 15) is 24.3 Å². The summed E-state index contributed by atoms with van der Waals surface area (Å²) in [5, 5.41) is 25.4. The Hall–Kier alpha value is -1.85. The summed E-state index contributed by atoms with van der Waals surface area (Å²) in [5.74, 6) is -3.64. The SMILES string of the molecule is CCC(C)C(N)C(=O)NCC(=O)NC(C(=O)NC(CS)C(=O)O)C(C)O. The first kappa shape index (κ1) is 24.1. The number of aliphatic carboxylic acids is 1. The molecule has 0 radical (unpaired) electrons. The van der Waals surface area contributed by atoms with Gasteiger partial charge in [0.2, 0.25) is 17.7 Å². The number of aliphatic hydroxyl groups excluding tert-OH is 1. The van der Waals surface area contributed by atoms with E-state index in [4.69, 9.17) is 10.8 Å². The first-order valence-corrected chi connectivity index (χ1v) is 8.83. The zero-order valence-electron chi connectivity index (χ0n) is 15.1. The number of hydrogen-bond acceptors (Lipinski definition) is 7. The number of nitrogens with one attached hydrogen (secondary N) is 3. The molecular formula is C15H28N4O6S. The minimum atomic E-state index is -1.38. The van der Waals surface area contributed by atoms with Gasteiger partial charge in [0.15, 0.2) is 0 Å². The van der Waals surface area contributed by atoms with E-state index in [0.717, 1.165) is 0 Å². The van der Waals surface area contributed by atoms with Crippen molar-refractivity contribution in [1.82, 2.24) is 16.0 Å². The second-order valence-corrected chi connectivity index (χ2v) is 6.36. The zero-order chi connectivity index (χ0) is 20.4. The number of carboxylic acid groups (broad SMARTS) is 1. The number of rotatable bonds is 11. The maximum Gasteiger partial charge on any atom is 0.327 e. The van der Waals surface area contributed by atoms with Crippen molar-refractivity contribution in [3.05, 3.63) is 0 Å². The molecule has 11 heteroatoms. The molecule has 7 N–H and O–H groups in total. The molecule has 150 valence electrons. The van der Waals surface area contributed by atoms with Crippen LogP contribution in [0, 0.1) is 5.92 Å². The van der Waals surface area contributed by atoms with E-state index in [0.29, 0.717) is 6.42 Å². The Bertz CT molecular complexity index is 516. The van der Waals surface area contributed by atoms with Crippen LogP contribution >= 0.6 is 12.6 Å². The highest BCUT2D eigenvalue weighted by molar-refractivity contribution is 7.80. The molecule has 5 unspecified atom stereocenters. The Morgan fingerprint density at radius 1 is 1.12 bits per heavy atom. The predicted octanol–water partition coefficient (Wildman–Crippen LogP) is -2.16. The first-order chi connectivity index (χ1) is 12.0. The second-order valence-electron chi connectivity index (χ2n) is 6.00. The van der Waals surface area contributed by atoms with Crippen molar-refractivity contribution in [2.75, 3.05) is 12.3 Å². The van der Waals surface area contributed by atoms with Gasteiger partial charge in [0, 0.05) is 5.75 Å². The predicted molar refractivity (Wildman–Crippen MR) is 97.5 cm³/mol. The standard InChI is InChI=1S/C15H28N4O6S/c1-4-7(2)11(16)13(22)17-5-10(21)19-12(8(3)20)14(23)18-9(6-26)15(24)25/h7-9,11-12,20,26H,4-6,16H2,1-3H3,(H,17,22)(H,18,23)(H,19,21)(H,24,25). The van der Waals surface area contributed by atoms with Crippen molar-refractivity contribution in [3.8, 4) is 0 Å². The molecule has 0 saturated heterocycles. The molecule has 0 aliphatic carbocycles. The third-order valence-electron chi connectivity index (χ3n) is 3.86. The number of thiol groups is 1. The summed E-state index contributed by atoms with van der Waals surface area (Å²) >= 11 is 3.81. The summed E-state index contributed by atoms with van der Waals surface area (Å²) in [4.78, 5) is 46.8. The first-order valence-electron chi connectivity index (χ1n) is 8.19. The molecule has 0 aromatic rings. The average molecular weight is 392 g/mol. The van der Waals surface area contributed by atoms with Gasteiger partial charge in [-0.1, -0.05) is 20.3 Å². The summed E-state index contributed by atoms with van der Waals surface area (Å²) in [6.45, 7) is 4.51. The van der Waals surface area contributed by atoms with Crippen LogP contribution in [0.15, 0.2) is 0 Å². The third-order valence-corrected chi connectivity index (χ3v) is 4.23. The van der Waals surface area contributed by atoms with Crippen LogP contribution in [0.4, 0.5) is 0 Å². The zero-order valence-corrected chi connectivity index (χ0v) is 16.0. The van der Waals surface area contributed by atoms with Gasteiger partial charge in [-0.05, 0) is 12.8 Å². The van der Waals surface area contributed by atoms with E-state index in [1.807, 2.05) is 6.92 Å². The molecule has 0 aromatic heterocycles. The fourth-order valence-electron chi connectivity index (χ4n) is 1.87. The van der Waals surface area contributed by atoms with Gasteiger partial charge in [0.25, 0.3) is 0 Å². The Kier molecular flexibility index (Phi) is 10.9. The lowest BCUT2D eigenvalue weighted by molar-refractivity contribution is -0.142. The smallest absolute Gasteiger partial charge is 0.327 e. The highest BCUT2D eigenvalue weighted by Gasteiger charge is 2.29. The van der Waals surface area contributed by atoms with Crippen LogP contribution in [0.1, 0.15) is 27.2 Å². The van der Waals surface area contributed by atoms with Gasteiger partial charge in [-0.3, -0.25) is 14.4 Å². The van der Waals surface area contributed by atoms with Crippen molar-refractivity contribution < 1.29 is 29.4 Å². The molecule has 5 atom stereocenters. The van der Waals surface area contributed by atoms with Crippen LogP contribution in [-0.2, 0) is 19.2 Å². The molecular weight excluding hydrogens is 364 g/mol. The maximum absolute atomic E-state index is 12.1. The topological polar surface area (TPSA) is 171 Å². The minimum absolute atomic E-state index is 0.0664. The molecule has 0 aromatic carbocycles. The summed E-state index contributed by atoms with van der Waals surface area (Å²) < 4.78 is 0. The molecule has 0 spiro atoms. The van der Waals surface area contributed by atoms with Gasteiger partial charge in [-0.15, -0.1) is 0 Å². The summed E-state index contributed by atoms with van der Waals surface area (Å²) in [6, 6.07) is -3.42. The Labute approximate surface area is 157 Å². The number of aliphatic hydroxyl groups is 1. The normalized spacial score (nSPS) is 16.5. The van der Waals surface area contributed by atoms with E-state index in [1.54, 1.807) is 6.92 Å². The molecule has 0 heterocycles. The van der Waals surface area contributed by atoms with Gasteiger partial charge in [0.1, 0.15) is 12.1 Å². The lowest BCUT2D eigenvalue weighted by Gasteiger charge is -2.23. The number of hydrogen-bond donors (Lipinski definition) is 7. The molecule has 3 amide bonds. The lowest BCUT2D eigenvalue weighted by Crippen LogP contribution is -2.57. The van der Waals surface area contributed by atoms with E-state index < -0.39 is 54.5 Å². The Morgan fingerprint density at radius 2 is 1.69 bits per heavy atom. The highest BCUT2D eigenvalue weighted by Crippen LogP contribution is 2.04. The van der Waals surface area contributed by atoms with Gasteiger partial charge in [-0.25, -0.2) is 4.79 Å².